The lowest BCUT2D eigenvalue weighted by Crippen LogP contribution is -2.06. The summed E-state index contributed by atoms with van der Waals surface area (Å²) in [6, 6.07) is 6.82. The Bertz CT molecular complexity index is 585. The van der Waals surface area contributed by atoms with Crippen molar-refractivity contribution in [2.45, 2.75) is 13.1 Å². The summed E-state index contributed by atoms with van der Waals surface area (Å²) in [6.45, 7) is 1.74. The Morgan fingerprint density at radius 2 is 1.76 bits per heavy atom. The Labute approximate surface area is 95.9 Å². The minimum atomic E-state index is -4.41. The molecule has 0 aliphatic carbocycles. The standard InChI is InChI=1S/C13H9F3O/c1-8-2-5-12(13(14,15)16)11-6-9(7-17)3-4-10(8)11/h2-7H,1H3. The van der Waals surface area contributed by atoms with E-state index in [-0.39, 0.29) is 10.9 Å². The third-order valence-electron chi connectivity index (χ3n) is 2.70. The van der Waals surface area contributed by atoms with E-state index in [1.165, 1.54) is 18.2 Å². The van der Waals surface area contributed by atoms with Gasteiger partial charge in [0.1, 0.15) is 6.29 Å². The van der Waals surface area contributed by atoms with Crippen LogP contribution in [0.3, 0.4) is 0 Å². The normalized spacial score (nSPS) is 11.8. The molecule has 17 heavy (non-hydrogen) atoms. The first-order valence-electron chi connectivity index (χ1n) is 4.99. The molecule has 0 aromatic heterocycles. The molecule has 1 nitrogen and oxygen atoms in total. The lowest BCUT2D eigenvalue weighted by molar-refractivity contribution is -0.136. The summed E-state index contributed by atoms with van der Waals surface area (Å²) in [7, 11) is 0. The van der Waals surface area contributed by atoms with Crippen molar-refractivity contribution in [2.75, 3.05) is 0 Å². The molecule has 0 saturated carbocycles. The molecule has 0 aliphatic rings. The van der Waals surface area contributed by atoms with Crippen LogP contribution in [0.2, 0.25) is 0 Å². The van der Waals surface area contributed by atoms with Gasteiger partial charge in [-0.3, -0.25) is 4.79 Å². The highest BCUT2D eigenvalue weighted by Crippen LogP contribution is 2.36. The number of aryl methyl sites for hydroxylation is 1. The summed E-state index contributed by atoms with van der Waals surface area (Å²) < 4.78 is 38.4. The second-order valence-corrected chi connectivity index (χ2v) is 3.85. The molecule has 0 fully saturated rings. The fraction of sp³-hybridized carbons (Fsp3) is 0.154. The van der Waals surface area contributed by atoms with Crippen LogP contribution in [0.4, 0.5) is 13.2 Å². The molecule has 0 bridgehead atoms. The average molecular weight is 238 g/mol. The van der Waals surface area contributed by atoms with Crippen LogP contribution in [0.1, 0.15) is 21.5 Å². The molecular weight excluding hydrogens is 229 g/mol. The first kappa shape index (κ1) is 11.6. The van der Waals surface area contributed by atoms with Crippen molar-refractivity contribution < 1.29 is 18.0 Å². The topological polar surface area (TPSA) is 17.1 Å². The zero-order valence-electron chi connectivity index (χ0n) is 9.01. The van der Waals surface area contributed by atoms with Crippen molar-refractivity contribution in [1.29, 1.82) is 0 Å². The number of aldehydes is 1. The second-order valence-electron chi connectivity index (χ2n) is 3.85. The van der Waals surface area contributed by atoms with Gasteiger partial charge in [-0.05, 0) is 35.4 Å². The quantitative estimate of drug-likeness (QED) is 0.687. The van der Waals surface area contributed by atoms with Gasteiger partial charge >= 0.3 is 6.18 Å². The summed E-state index contributed by atoms with van der Waals surface area (Å²) in [5.41, 5.74) is 0.292. The maximum absolute atomic E-state index is 12.8. The van der Waals surface area contributed by atoms with Gasteiger partial charge in [-0.2, -0.15) is 13.2 Å². The molecule has 0 atom stereocenters. The Morgan fingerprint density at radius 3 is 2.35 bits per heavy atom. The molecule has 0 saturated heterocycles. The van der Waals surface area contributed by atoms with Crippen molar-refractivity contribution >= 4 is 17.1 Å². The van der Waals surface area contributed by atoms with Crippen molar-refractivity contribution in [1.82, 2.24) is 0 Å². The molecule has 88 valence electrons. The van der Waals surface area contributed by atoms with E-state index < -0.39 is 11.7 Å². The van der Waals surface area contributed by atoms with E-state index in [1.54, 1.807) is 13.0 Å². The van der Waals surface area contributed by atoms with Crippen LogP contribution in [-0.4, -0.2) is 6.29 Å². The number of carbonyl (C=O) groups excluding carboxylic acids is 1. The predicted octanol–water partition coefficient (Wildman–Crippen LogP) is 3.98. The van der Waals surface area contributed by atoms with E-state index in [9.17, 15) is 18.0 Å². The van der Waals surface area contributed by atoms with Gasteiger partial charge in [-0.15, -0.1) is 0 Å². The zero-order valence-corrected chi connectivity index (χ0v) is 9.01. The maximum atomic E-state index is 12.8. The van der Waals surface area contributed by atoms with Crippen LogP contribution >= 0.6 is 0 Å². The largest absolute Gasteiger partial charge is 0.417 e. The minimum Gasteiger partial charge on any atom is -0.298 e. The van der Waals surface area contributed by atoms with E-state index in [2.05, 4.69) is 0 Å². The fourth-order valence-electron chi connectivity index (χ4n) is 1.84. The number of hydrogen-bond donors (Lipinski definition) is 0. The number of hydrogen-bond acceptors (Lipinski definition) is 1. The molecule has 0 spiro atoms. The van der Waals surface area contributed by atoms with E-state index >= 15 is 0 Å². The summed E-state index contributed by atoms with van der Waals surface area (Å²) in [5.74, 6) is 0. The first-order chi connectivity index (χ1) is 7.93. The lowest BCUT2D eigenvalue weighted by Gasteiger charge is -2.12. The first-order valence-corrected chi connectivity index (χ1v) is 4.99. The van der Waals surface area contributed by atoms with Gasteiger partial charge in [0, 0.05) is 5.56 Å². The van der Waals surface area contributed by atoms with E-state index in [0.717, 1.165) is 11.6 Å². The summed E-state index contributed by atoms with van der Waals surface area (Å²) >= 11 is 0. The van der Waals surface area contributed by atoms with Gasteiger partial charge in [-0.1, -0.05) is 18.2 Å². The van der Waals surface area contributed by atoms with Gasteiger partial charge in [0.2, 0.25) is 0 Å². The third kappa shape index (κ3) is 2.02. The van der Waals surface area contributed by atoms with Crippen LogP contribution in [0, 0.1) is 6.92 Å². The van der Waals surface area contributed by atoms with Gasteiger partial charge in [0.25, 0.3) is 0 Å². The van der Waals surface area contributed by atoms with Gasteiger partial charge in [0.05, 0.1) is 5.56 Å². The SMILES string of the molecule is Cc1ccc(C(F)(F)F)c2cc(C=O)ccc12. The van der Waals surface area contributed by atoms with Gasteiger partial charge in [-0.25, -0.2) is 0 Å². The molecule has 2 rings (SSSR count). The molecule has 0 N–H and O–H groups in total. The number of rotatable bonds is 1. The predicted molar refractivity (Wildman–Crippen MR) is 59.1 cm³/mol. The summed E-state index contributed by atoms with van der Waals surface area (Å²) in [5, 5.41) is 0.590. The number of alkyl halides is 3. The Balaban J connectivity index is 2.86. The third-order valence-corrected chi connectivity index (χ3v) is 2.70. The number of benzene rings is 2. The lowest BCUT2D eigenvalue weighted by atomic mass is 9.98. The monoisotopic (exact) mass is 238 g/mol. The molecule has 4 heteroatoms. The van der Waals surface area contributed by atoms with Crippen LogP contribution in [0.25, 0.3) is 10.8 Å². The molecule has 0 aliphatic heterocycles. The van der Waals surface area contributed by atoms with E-state index in [1.807, 2.05) is 0 Å². The number of carbonyl (C=O) groups is 1. The highest BCUT2D eigenvalue weighted by atomic mass is 19.4. The van der Waals surface area contributed by atoms with Crippen molar-refractivity contribution in [3.63, 3.8) is 0 Å². The van der Waals surface area contributed by atoms with Crippen LogP contribution in [0.5, 0.6) is 0 Å². The maximum Gasteiger partial charge on any atom is 0.417 e. The molecule has 0 amide bonds. The van der Waals surface area contributed by atoms with Crippen LogP contribution < -0.4 is 0 Å². The molecule has 2 aromatic rings. The Morgan fingerprint density at radius 1 is 1.06 bits per heavy atom. The van der Waals surface area contributed by atoms with Crippen LogP contribution in [0.15, 0.2) is 30.3 Å². The molecular formula is C13H9F3O. The second kappa shape index (κ2) is 3.87. The number of fused-ring (bicyclic) bond motifs is 1. The van der Waals surface area contributed by atoms with Crippen molar-refractivity contribution in [3.05, 3.63) is 47.0 Å². The molecule has 2 aromatic carbocycles. The van der Waals surface area contributed by atoms with E-state index in [4.69, 9.17) is 0 Å². The smallest absolute Gasteiger partial charge is 0.298 e. The van der Waals surface area contributed by atoms with Crippen molar-refractivity contribution in [3.8, 4) is 0 Å². The average Bonchev–Trinajstić information content (AvgIpc) is 2.27. The Kier molecular flexibility index (Phi) is 2.65. The molecule has 0 radical (unpaired) electrons. The number of halogens is 3. The van der Waals surface area contributed by atoms with Gasteiger partial charge in [0.15, 0.2) is 0 Å². The Hall–Kier alpha value is -1.84. The minimum absolute atomic E-state index is 0.0714. The molecule has 0 unspecified atom stereocenters. The van der Waals surface area contributed by atoms with Crippen LogP contribution in [-0.2, 0) is 6.18 Å². The van der Waals surface area contributed by atoms with Gasteiger partial charge < -0.3 is 0 Å². The molecule has 0 heterocycles. The fourth-order valence-corrected chi connectivity index (χ4v) is 1.84. The highest BCUT2D eigenvalue weighted by Gasteiger charge is 2.32. The highest BCUT2D eigenvalue weighted by molar-refractivity contribution is 5.93. The zero-order chi connectivity index (χ0) is 12.6. The van der Waals surface area contributed by atoms with E-state index in [0.29, 0.717) is 11.7 Å². The summed E-state index contributed by atoms with van der Waals surface area (Å²) in [4.78, 5) is 10.6. The summed E-state index contributed by atoms with van der Waals surface area (Å²) in [6.07, 6.45) is -3.87. The van der Waals surface area contributed by atoms with Crippen molar-refractivity contribution in [2.24, 2.45) is 0 Å².